The van der Waals surface area contributed by atoms with Crippen LogP contribution in [0.4, 0.5) is 0 Å². The molecule has 8 heteroatoms. The number of halogens is 1. The monoisotopic (exact) mass is 419 g/mol. The van der Waals surface area contributed by atoms with Gasteiger partial charge in [-0.25, -0.2) is 0 Å². The van der Waals surface area contributed by atoms with Gasteiger partial charge in [0.1, 0.15) is 19.0 Å². The summed E-state index contributed by atoms with van der Waals surface area (Å²) >= 11 is 5.98. The van der Waals surface area contributed by atoms with E-state index in [0.29, 0.717) is 28.7 Å². The van der Waals surface area contributed by atoms with Crippen LogP contribution in [0.1, 0.15) is 5.56 Å². The van der Waals surface area contributed by atoms with Crippen molar-refractivity contribution in [2.75, 3.05) is 33.5 Å². The molecule has 2 aromatic carbocycles. The number of carbonyl (C=O) groups is 2. The van der Waals surface area contributed by atoms with Crippen LogP contribution in [-0.4, -0.2) is 45.4 Å². The second-order valence-electron chi connectivity index (χ2n) is 6.42. The van der Waals surface area contributed by atoms with E-state index < -0.39 is 17.8 Å². The van der Waals surface area contributed by atoms with E-state index in [1.807, 2.05) is 12.1 Å². The summed E-state index contributed by atoms with van der Waals surface area (Å²) in [6.07, 6.45) is 0.461. The Labute approximate surface area is 173 Å². The maximum Gasteiger partial charge on any atom is 0.313 e. The fourth-order valence-electron chi connectivity index (χ4n) is 2.91. The molecule has 2 aromatic rings. The predicted molar refractivity (Wildman–Crippen MR) is 107 cm³/mol. The average molecular weight is 420 g/mol. The van der Waals surface area contributed by atoms with Crippen LogP contribution in [0.3, 0.4) is 0 Å². The van der Waals surface area contributed by atoms with Crippen LogP contribution in [0.2, 0.25) is 5.02 Å². The van der Waals surface area contributed by atoms with Gasteiger partial charge in [-0.05, 0) is 42.3 Å². The third-order valence-electron chi connectivity index (χ3n) is 4.36. The van der Waals surface area contributed by atoms with Crippen molar-refractivity contribution in [1.29, 1.82) is 0 Å². The molecule has 1 aliphatic heterocycles. The first-order valence-electron chi connectivity index (χ1n) is 9.17. The molecule has 154 valence electrons. The summed E-state index contributed by atoms with van der Waals surface area (Å²) in [5, 5.41) is 3.22. The zero-order valence-electron chi connectivity index (χ0n) is 16.0. The lowest BCUT2D eigenvalue weighted by Crippen LogP contribution is -2.35. The number of hydrogen-bond acceptors (Lipinski definition) is 6. The molecule has 7 nitrogen and oxygen atoms in total. The maximum atomic E-state index is 12.2. The van der Waals surface area contributed by atoms with Crippen molar-refractivity contribution >= 4 is 23.5 Å². The number of para-hydroxylation sites is 2. The molecule has 0 aliphatic carbocycles. The molecule has 0 saturated heterocycles. The third-order valence-corrected chi connectivity index (χ3v) is 4.59. The fourth-order valence-corrected chi connectivity index (χ4v) is 3.10. The molecular weight excluding hydrogens is 398 g/mol. The lowest BCUT2D eigenvalue weighted by molar-refractivity contribution is -0.153. The standard InChI is InChI=1S/C21H22ClNO6/c1-26-18-4-2-3-5-19(18)27-9-8-23-20(24)13-29-21(25)15-10-14-11-16(22)6-7-17(14)28-12-15/h2-7,11,15H,8-10,12-13H2,1H3,(H,23,24)/t15-/m0/s1. The van der Waals surface area contributed by atoms with Gasteiger partial charge in [-0.15, -0.1) is 0 Å². The van der Waals surface area contributed by atoms with Gasteiger partial charge in [-0.3, -0.25) is 9.59 Å². The van der Waals surface area contributed by atoms with Gasteiger partial charge in [0, 0.05) is 5.02 Å². The van der Waals surface area contributed by atoms with Crippen LogP contribution in [0, 0.1) is 5.92 Å². The number of esters is 1. The highest BCUT2D eigenvalue weighted by molar-refractivity contribution is 6.30. The Morgan fingerprint density at radius 2 is 2.00 bits per heavy atom. The molecule has 1 heterocycles. The molecule has 1 amide bonds. The average Bonchev–Trinajstić information content (AvgIpc) is 2.74. The molecule has 1 N–H and O–H groups in total. The first-order chi connectivity index (χ1) is 14.1. The van der Waals surface area contributed by atoms with E-state index in [-0.39, 0.29) is 26.4 Å². The largest absolute Gasteiger partial charge is 0.493 e. The molecule has 0 unspecified atom stereocenters. The van der Waals surface area contributed by atoms with Gasteiger partial charge in [-0.2, -0.15) is 0 Å². The Hall–Kier alpha value is -2.93. The van der Waals surface area contributed by atoms with E-state index in [0.717, 1.165) is 5.56 Å². The first kappa shape index (κ1) is 20.8. The Kier molecular flexibility index (Phi) is 7.19. The quantitative estimate of drug-likeness (QED) is 0.523. The first-order valence-corrected chi connectivity index (χ1v) is 9.55. The van der Waals surface area contributed by atoms with Crippen molar-refractivity contribution < 1.29 is 28.5 Å². The van der Waals surface area contributed by atoms with Crippen LogP contribution in [0.5, 0.6) is 17.2 Å². The number of rotatable bonds is 8. The van der Waals surface area contributed by atoms with Crippen LogP contribution < -0.4 is 19.5 Å². The molecule has 0 aromatic heterocycles. The minimum absolute atomic E-state index is 0.210. The molecule has 0 radical (unpaired) electrons. The highest BCUT2D eigenvalue weighted by atomic mass is 35.5. The summed E-state index contributed by atoms with van der Waals surface area (Å²) in [5.74, 6) is 0.575. The lowest BCUT2D eigenvalue weighted by Gasteiger charge is -2.24. The zero-order valence-corrected chi connectivity index (χ0v) is 16.7. The highest BCUT2D eigenvalue weighted by Gasteiger charge is 2.27. The normalized spacial score (nSPS) is 14.9. The summed E-state index contributed by atoms with van der Waals surface area (Å²) in [6, 6.07) is 12.5. The van der Waals surface area contributed by atoms with E-state index >= 15 is 0 Å². The summed E-state index contributed by atoms with van der Waals surface area (Å²) in [7, 11) is 1.56. The van der Waals surface area contributed by atoms with E-state index in [4.69, 9.17) is 30.5 Å². The SMILES string of the molecule is COc1ccccc1OCCNC(=O)COC(=O)[C@@H]1COc2ccc(Cl)cc2C1. The Morgan fingerprint density at radius 3 is 2.79 bits per heavy atom. The molecule has 0 bridgehead atoms. The van der Waals surface area contributed by atoms with E-state index in [1.54, 1.807) is 37.4 Å². The van der Waals surface area contributed by atoms with Gasteiger partial charge in [0.2, 0.25) is 0 Å². The second-order valence-corrected chi connectivity index (χ2v) is 6.86. The van der Waals surface area contributed by atoms with Gasteiger partial charge >= 0.3 is 5.97 Å². The fraction of sp³-hybridized carbons (Fsp3) is 0.333. The number of nitrogens with one attached hydrogen (secondary N) is 1. The van der Waals surface area contributed by atoms with Crippen LogP contribution >= 0.6 is 11.6 Å². The number of benzene rings is 2. The molecule has 0 spiro atoms. The molecule has 3 rings (SSSR count). The second kappa shape index (κ2) is 10.0. The molecule has 29 heavy (non-hydrogen) atoms. The molecule has 0 saturated carbocycles. The number of fused-ring (bicyclic) bond motifs is 1. The molecule has 1 atom stereocenters. The molecule has 0 fully saturated rings. The summed E-state index contributed by atoms with van der Waals surface area (Å²) < 4.78 is 21.4. The van der Waals surface area contributed by atoms with E-state index in [9.17, 15) is 9.59 Å². The van der Waals surface area contributed by atoms with Gasteiger partial charge in [0.15, 0.2) is 18.1 Å². The van der Waals surface area contributed by atoms with Crippen molar-refractivity contribution in [2.24, 2.45) is 5.92 Å². The number of carbonyl (C=O) groups excluding carboxylic acids is 2. The summed E-state index contributed by atoms with van der Waals surface area (Å²) in [4.78, 5) is 24.1. The predicted octanol–water partition coefficient (Wildman–Crippen LogP) is 2.64. The van der Waals surface area contributed by atoms with Crippen molar-refractivity contribution in [3.05, 3.63) is 53.1 Å². The van der Waals surface area contributed by atoms with E-state index in [1.165, 1.54) is 0 Å². The van der Waals surface area contributed by atoms with Gasteiger partial charge in [-0.1, -0.05) is 23.7 Å². The van der Waals surface area contributed by atoms with Crippen molar-refractivity contribution in [3.63, 3.8) is 0 Å². The summed E-state index contributed by atoms with van der Waals surface area (Å²) in [6.45, 7) is 0.384. The Balaban J connectivity index is 1.36. The van der Waals surface area contributed by atoms with Crippen LogP contribution in [0.25, 0.3) is 0 Å². The Morgan fingerprint density at radius 1 is 1.21 bits per heavy atom. The van der Waals surface area contributed by atoms with Crippen molar-refractivity contribution in [3.8, 4) is 17.2 Å². The van der Waals surface area contributed by atoms with Crippen molar-refractivity contribution in [1.82, 2.24) is 5.32 Å². The minimum Gasteiger partial charge on any atom is -0.493 e. The zero-order chi connectivity index (χ0) is 20.6. The maximum absolute atomic E-state index is 12.2. The van der Waals surface area contributed by atoms with Gasteiger partial charge in [0.05, 0.1) is 19.6 Å². The molecular formula is C21H22ClNO6. The van der Waals surface area contributed by atoms with Gasteiger partial charge in [0.25, 0.3) is 5.91 Å². The summed E-state index contributed by atoms with van der Waals surface area (Å²) in [5.41, 5.74) is 0.851. The van der Waals surface area contributed by atoms with Crippen LogP contribution in [-0.2, 0) is 20.7 Å². The smallest absolute Gasteiger partial charge is 0.313 e. The highest BCUT2D eigenvalue weighted by Crippen LogP contribution is 2.30. The number of ether oxygens (including phenoxy) is 4. The lowest BCUT2D eigenvalue weighted by atomic mass is 9.97. The number of hydrogen-bond donors (Lipinski definition) is 1. The number of amides is 1. The third kappa shape index (κ3) is 5.77. The van der Waals surface area contributed by atoms with Gasteiger partial charge < -0.3 is 24.3 Å². The Bertz CT molecular complexity index is 872. The number of methoxy groups -OCH3 is 1. The topological polar surface area (TPSA) is 83.1 Å². The molecule has 1 aliphatic rings. The van der Waals surface area contributed by atoms with Crippen LogP contribution in [0.15, 0.2) is 42.5 Å². The van der Waals surface area contributed by atoms with Crippen molar-refractivity contribution in [2.45, 2.75) is 6.42 Å². The van der Waals surface area contributed by atoms with E-state index in [2.05, 4.69) is 5.32 Å². The minimum atomic E-state index is -0.476.